The molecule has 0 bridgehead atoms. The molecule has 0 heterocycles. The molecule has 0 aliphatic carbocycles. The summed E-state index contributed by atoms with van der Waals surface area (Å²) in [7, 11) is 3.06. The Morgan fingerprint density at radius 2 is 1.85 bits per heavy atom. The summed E-state index contributed by atoms with van der Waals surface area (Å²) in [6, 6.07) is 14.9. The molecule has 26 heavy (non-hydrogen) atoms. The lowest BCUT2D eigenvalue weighted by Gasteiger charge is -2.18. The van der Waals surface area contributed by atoms with Crippen LogP contribution in [0.1, 0.15) is 23.7 Å². The van der Waals surface area contributed by atoms with E-state index in [4.69, 9.17) is 19.7 Å². The molecule has 136 valence electrons. The summed E-state index contributed by atoms with van der Waals surface area (Å²) < 4.78 is 16.0. The Morgan fingerprint density at radius 1 is 1.12 bits per heavy atom. The van der Waals surface area contributed by atoms with Crippen LogP contribution in [0, 0.1) is 0 Å². The van der Waals surface area contributed by atoms with Crippen molar-refractivity contribution < 1.29 is 19.0 Å². The number of benzene rings is 2. The highest BCUT2D eigenvalue weighted by Crippen LogP contribution is 2.31. The third-order valence-corrected chi connectivity index (χ3v) is 3.82. The van der Waals surface area contributed by atoms with Gasteiger partial charge in [0.2, 0.25) is 0 Å². The fourth-order valence-corrected chi connectivity index (χ4v) is 2.48. The van der Waals surface area contributed by atoms with E-state index in [-0.39, 0.29) is 18.9 Å². The van der Waals surface area contributed by atoms with Gasteiger partial charge in [0.1, 0.15) is 6.10 Å². The van der Waals surface area contributed by atoms with Crippen molar-refractivity contribution in [2.45, 2.75) is 18.9 Å². The number of rotatable bonds is 9. The second kappa shape index (κ2) is 9.96. The van der Waals surface area contributed by atoms with Crippen molar-refractivity contribution in [2.24, 2.45) is 5.11 Å². The number of methoxy groups -OCH3 is 2. The van der Waals surface area contributed by atoms with E-state index in [1.165, 1.54) is 7.11 Å². The number of esters is 1. The predicted octanol–water partition coefficient (Wildman–Crippen LogP) is 4.23. The fourth-order valence-electron chi connectivity index (χ4n) is 2.48. The lowest BCUT2D eigenvalue weighted by Crippen LogP contribution is -2.14. The van der Waals surface area contributed by atoms with E-state index in [9.17, 15) is 4.79 Å². The zero-order chi connectivity index (χ0) is 18.8. The number of azide groups is 1. The fraction of sp³-hybridized carbons (Fsp3) is 0.316. The summed E-state index contributed by atoms with van der Waals surface area (Å²) in [6.45, 7) is 0.00304. The first kappa shape index (κ1) is 19.1. The summed E-state index contributed by atoms with van der Waals surface area (Å²) in [6.07, 6.45) is 0.137. The molecule has 0 fully saturated rings. The molecule has 1 unspecified atom stereocenters. The van der Waals surface area contributed by atoms with Crippen LogP contribution in [0.4, 0.5) is 0 Å². The molecule has 2 aromatic rings. The Labute approximate surface area is 152 Å². The Bertz CT molecular complexity index is 774. The number of hydrogen-bond donors (Lipinski definition) is 0. The molecule has 0 saturated heterocycles. The van der Waals surface area contributed by atoms with Crippen LogP contribution in [0.25, 0.3) is 10.4 Å². The third-order valence-electron chi connectivity index (χ3n) is 3.82. The minimum Gasteiger partial charge on any atom is -0.493 e. The maximum atomic E-state index is 12.2. The van der Waals surface area contributed by atoms with Crippen LogP contribution in [-0.2, 0) is 16.0 Å². The average molecular weight is 355 g/mol. The van der Waals surface area contributed by atoms with E-state index in [0.717, 1.165) is 5.56 Å². The van der Waals surface area contributed by atoms with Gasteiger partial charge in [-0.15, -0.1) is 0 Å². The zero-order valence-electron chi connectivity index (χ0n) is 14.8. The average Bonchev–Trinajstić information content (AvgIpc) is 2.69. The standard InChI is InChI=1S/C19H21N3O4/c1-24-16-10-9-15(12-17(16)25-2)18(13-21-22-20)26-19(23)11-8-14-6-4-3-5-7-14/h3-7,9-10,12,18H,8,11,13H2,1-2H3. The maximum absolute atomic E-state index is 12.2. The molecule has 0 spiro atoms. The van der Waals surface area contributed by atoms with Crippen molar-refractivity contribution in [3.8, 4) is 11.5 Å². The SMILES string of the molecule is COc1ccc(C(CN=[N+]=[N-])OC(=O)CCc2ccccc2)cc1OC. The molecule has 0 aromatic heterocycles. The topological polar surface area (TPSA) is 93.5 Å². The first-order chi connectivity index (χ1) is 12.7. The van der Waals surface area contributed by atoms with Gasteiger partial charge >= 0.3 is 5.97 Å². The molecular weight excluding hydrogens is 334 g/mol. The van der Waals surface area contributed by atoms with E-state index < -0.39 is 6.10 Å². The van der Waals surface area contributed by atoms with Gasteiger partial charge in [0.05, 0.1) is 20.8 Å². The largest absolute Gasteiger partial charge is 0.493 e. The number of aryl methyl sites for hydroxylation is 1. The molecule has 7 nitrogen and oxygen atoms in total. The van der Waals surface area contributed by atoms with Gasteiger partial charge in [0, 0.05) is 11.3 Å². The van der Waals surface area contributed by atoms with E-state index in [2.05, 4.69) is 10.0 Å². The molecule has 2 aromatic carbocycles. The van der Waals surface area contributed by atoms with Gasteiger partial charge in [-0.1, -0.05) is 41.5 Å². The van der Waals surface area contributed by atoms with Crippen LogP contribution < -0.4 is 9.47 Å². The van der Waals surface area contributed by atoms with Crippen LogP contribution in [0.5, 0.6) is 11.5 Å². The Morgan fingerprint density at radius 3 is 2.50 bits per heavy atom. The van der Waals surface area contributed by atoms with Gasteiger partial charge in [0.15, 0.2) is 11.5 Å². The summed E-state index contributed by atoms with van der Waals surface area (Å²) in [5.74, 6) is 0.715. The van der Waals surface area contributed by atoms with Crippen LogP contribution in [0.15, 0.2) is 53.6 Å². The van der Waals surface area contributed by atoms with Gasteiger partial charge < -0.3 is 14.2 Å². The minimum absolute atomic E-state index is 0.00304. The van der Waals surface area contributed by atoms with Crippen molar-refractivity contribution in [1.82, 2.24) is 0 Å². The Kier molecular flexibility index (Phi) is 7.33. The first-order valence-corrected chi connectivity index (χ1v) is 8.14. The van der Waals surface area contributed by atoms with Gasteiger partial charge in [-0.2, -0.15) is 0 Å². The number of ether oxygens (including phenoxy) is 3. The van der Waals surface area contributed by atoms with Crippen LogP contribution in [0.3, 0.4) is 0 Å². The summed E-state index contributed by atoms with van der Waals surface area (Å²) >= 11 is 0. The predicted molar refractivity (Wildman–Crippen MR) is 97.2 cm³/mol. The maximum Gasteiger partial charge on any atom is 0.306 e. The summed E-state index contributed by atoms with van der Waals surface area (Å²) in [5.41, 5.74) is 10.3. The van der Waals surface area contributed by atoms with E-state index >= 15 is 0 Å². The Hall–Kier alpha value is -3.18. The lowest BCUT2D eigenvalue weighted by molar-refractivity contribution is -0.149. The Balaban J connectivity index is 2.09. The minimum atomic E-state index is -0.686. The molecule has 0 amide bonds. The second-order valence-corrected chi connectivity index (χ2v) is 5.49. The van der Waals surface area contributed by atoms with Gasteiger partial charge in [-0.3, -0.25) is 4.79 Å². The molecular formula is C19H21N3O4. The molecule has 2 rings (SSSR count). The van der Waals surface area contributed by atoms with E-state index in [0.29, 0.717) is 23.5 Å². The van der Waals surface area contributed by atoms with Crippen LogP contribution in [0.2, 0.25) is 0 Å². The van der Waals surface area contributed by atoms with Crippen molar-refractivity contribution in [3.05, 3.63) is 70.1 Å². The highest BCUT2D eigenvalue weighted by molar-refractivity contribution is 5.70. The number of nitrogens with zero attached hydrogens (tertiary/aromatic N) is 3. The van der Waals surface area contributed by atoms with E-state index in [1.807, 2.05) is 30.3 Å². The zero-order valence-corrected chi connectivity index (χ0v) is 14.8. The van der Waals surface area contributed by atoms with Crippen molar-refractivity contribution >= 4 is 5.97 Å². The van der Waals surface area contributed by atoms with Gasteiger partial charge in [0.25, 0.3) is 0 Å². The highest BCUT2D eigenvalue weighted by atomic mass is 16.5. The van der Waals surface area contributed by atoms with Gasteiger partial charge in [-0.05, 0) is 35.2 Å². The van der Waals surface area contributed by atoms with Crippen LogP contribution in [-0.4, -0.2) is 26.7 Å². The monoisotopic (exact) mass is 355 g/mol. The number of hydrogen-bond acceptors (Lipinski definition) is 5. The first-order valence-electron chi connectivity index (χ1n) is 8.14. The van der Waals surface area contributed by atoms with Gasteiger partial charge in [-0.25, -0.2) is 0 Å². The van der Waals surface area contributed by atoms with Crippen molar-refractivity contribution in [2.75, 3.05) is 20.8 Å². The molecule has 0 radical (unpaired) electrons. The third kappa shape index (κ3) is 5.43. The second-order valence-electron chi connectivity index (χ2n) is 5.49. The molecule has 0 N–H and O–H groups in total. The quantitative estimate of drug-likeness (QED) is 0.291. The smallest absolute Gasteiger partial charge is 0.306 e. The number of carbonyl (C=O) groups excluding carboxylic acids is 1. The molecule has 0 saturated carbocycles. The summed E-state index contributed by atoms with van der Waals surface area (Å²) in [4.78, 5) is 15.0. The molecule has 0 aliphatic rings. The lowest BCUT2D eigenvalue weighted by atomic mass is 10.1. The highest BCUT2D eigenvalue weighted by Gasteiger charge is 2.18. The van der Waals surface area contributed by atoms with E-state index in [1.54, 1.807) is 25.3 Å². The molecule has 0 aliphatic heterocycles. The van der Waals surface area contributed by atoms with Crippen LogP contribution >= 0.6 is 0 Å². The normalized spacial score (nSPS) is 11.2. The molecule has 7 heteroatoms. The van der Waals surface area contributed by atoms with Crippen molar-refractivity contribution in [1.29, 1.82) is 0 Å². The summed E-state index contributed by atoms with van der Waals surface area (Å²) in [5, 5.41) is 3.55. The number of carbonyl (C=O) groups is 1. The molecule has 1 atom stereocenters. The van der Waals surface area contributed by atoms with Crippen molar-refractivity contribution in [3.63, 3.8) is 0 Å².